The highest BCUT2D eigenvalue weighted by Crippen LogP contribution is 2.33. The van der Waals surface area contributed by atoms with Crippen LogP contribution in [0.15, 0.2) is 18.2 Å². The minimum absolute atomic E-state index is 0.175. The number of carbonyl (C=O) groups is 1. The summed E-state index contributed by atoms with van der Waals surface area (Å²) < 4.78 is 38.8. The number of carboxylic acids is 1. The van der Waals surface area contributed by atoms with Crippen LogP contribution in [-0.2, 0) is 12.6 Å². The van der Waals surface area contributed by atoms with Gasteiger partial charge in [0.25, 0.3) is 0 Å². The first kappa shape index (κ1) is 17.7. The quantitative estimate of drug-likeness (QED) is 0.876. The molecule has 0 bridgehead atoms. The van der Waals surface area contributed by atoms with Gasteiger partial charge in [0.05, 0.1) is 5.56 Å². The van der Waals surface area contributed by atoms with Gasteiger partial charge < -0.3 is 10.4 Å². The van der Waals surface area contributed by atoms with Crippen molar-refractivity contribution in [3.8, 4) is 0 Å². The minimum Gasteiger partial charge on any atom is -0.475 e. The van der Waals surface area contributed by atoms with Gasteiger partial charge in [-0.05, 0) is 38.0 Å². The van der Waals surface area contributed by atoms with Gasteiger partial charge in [-0.15, -0.1) is 0 Å². The Morgan fingerprint density at radius 1 is 1.25 bits per heavy atom. The summed E-state index contributed by atoms with van der Waals surface area (Å²) in [6, 6.07) is 3.41. The van der Waals surface area contributed by atoms with Gasteiger partial charge in [-0.3, -0.25) is 0 Å². The van der Waals surface area contributed by atoms with Crippen molar-refractivity contribution in [3.05, 3.63) is 46.4 Å². The largest absolute Gasteiger partial charge is 0.475 e. The monoisotopic (exact) mass is 339 g/mol. The zero-order chi connectivity index (χ0) is 18.1. The molecule has 0 amide bonds. The number of halogens is 3. The molecule has 0 saturated carbocycles. The molecule has 8 heteroatoms. The molecule has 0 spiro atoms. The van der Waals surface area contributed by atoms with Crippen molar-refractivity contribution in [2.45, 2.75) is 33.4 Å². The molecule has 2 rings (SSSR count). The molecule has 0 fully saturated rings. The normalized spacial score (nSPS) is 11.4. The molecule has 24 heavy (non-hydrogen) atoms. The average molecular weight is 339 g/mol. The Bertz CT molecular complexity index is 789. The number of hydrogen-bond donors (Lipinski definition) is 2. The van der Waals surface area contributed by atoms with Gasteiger partial charge in [0.15, 0.2) is 0 Å². The van der Waals surface area contributed by atoms with Crippen molar-refractivity contribution < 1.29 is 23.1 Å². The van der Waals surface area contributed by atoms with Crippen LogP contribution < -0.4 is 5.32 Å². The number of benzene rings is 1. The molecule has 0 aliphatic carbocycles. The van der Waals surface area contributed by atoms with Crippen LogP contribution in [0.1, 0.15) is 39.9 Å². The lowest BCUT2D eigenvalue weighted by atomic mass is 10.1. The molecule has 1 aromatic carbocycles. The second-order valence-electron chi connectivity index (χ2n) is 5.26. The van der Waals surface area contributed by atoms with Crippen LogP contribution in [0.3, 0.4) is 0 Å². The van der Waals surface area contributed by atoms with E-state index in [0.717, 1.165) is 12.1 Å². The van der Waals surface area contributed by atoms with E-state index >= 15 is 0 Å². The van der Waals surface area contributed by atoms with E-state index in [-0.39, 0.29) is 11.5 Å². The zero-order valence-electron chi connectivity index (χ0n) is 13.3. The third kappa shape index (κ3) is 3.64. The van der Waals surface area contributed by atoms with E-state index < -0.39 is 23.5 Å². The predicted octanol–water partition coefficient (Wildman–Crippen LogP) is 4.12. The molecule has 0 unspecified atom stereocenters. The van der Waals surface area contributed by atoms with Gasteiger partial charge in [0.2, 0.25) is 5.82 Å². The Balaban J connectivity index is 2.53. The Kier molecular flexibility index (Phi) is 4.77. The zero-order valence-corrected chi connectivity index (χ0v) is 13.3. The van der Waals surface area contributed by atoms with E-state index in [0.29, 0.717) is 23.2 Å². The highest BCUT2D eigenvalue weighted by molar-refractivity contribution is 5.84. The lowest BCUT2D eigenvalue weighted by molar-refractivity contribution is -0.137. The van der Waals surface area contributed by atoms with Gasteiger partial charge >= 0.3 is 12.1 Å². The molecular weight excluding hydrogens is 323 g/mol. The van der Waals surface area contributed by atoms with Crippen molar-refractivity contribution in [2.75, 3.05) is 5.32 Å². The Morgan fingerprint density at radius 3 is 2.46 bits per heavy atom. The van der Waals surface area contributed by atoms with Crippen molar-refractivity contribution >= 4 is 17.5 Å². The van der Waals surface area contributed by atoms with E-state index in [1.807, 2.05) is 6.92 Å². The summed E-state index contributed by atoms with van der Waals surface area (Å²) in [5.74, 6) is -1.54. The Morgan fingerprint density at radius 2 is 1.92 bits per heavy atom. The number of nitrogens with one attached hydrogen (secondary N) is 1. The van der Waals surface area contributed by atoms with Crippen LogP contribution in [0.4, 0.5) is 24.7 Å². The number of alkyl halides is 3. The SMILES string of the molecule is CCc1ccc(C(F)(F)F)cc1Nc1nc(C(=O)O)nc(C)c1C. The maximum Gasteiger partial charge on any atom is 0.416 e. The van der Waals surface area contributed by atoms with Crippen LogP contribution in [0.2, 0.25) is 0 Å². The number of carboxylic acid groups (broad SMARTS) is 1. The minimum atomic E-state index is -4.47. The molecule has 2 aromatic rings. The smallest absolute Gasteiger partial charge is 0.416 e. The van der Waals surface area contributed by atoms with Crippen molar-refractivity contribution in [2.24, 2.45) is 0 Å². The standard InChI is InChI=1S/C16H16F3N3O2/c1-4-10-5-6-11(16(17,18)19)7-12(10)21-13-8(2)9(3)20-14(22-13)15(23)24/h5-7H,4H2,1-3H3,(H,23,24)(H,20,21,22). The number of aryl methyl sites for hydroxylation is 2. The Hall–Kier alpha value is -2.64. The molecule has 0 aliphatic heterocycles. The van der Waals surface area contributed by atoms with Crippen LogP contribution in [-0.4, -0.2) is 21.0 Å². The van der Waals surface area contributed by atoms with E-state index in [4.69, 9.17) is 5.11 Å². The average Bonchev–Trinajstić information content (AvgIpc) is 2.50. The molecule has 0 atom stereocenters. The van der Waals surface area contributed by atoms with E-state index in [9.17, 15) is 18.0 Å². The number of nitrogens with zero attached hydrogens (tertiary/aromatic N) is 2. The second kappa shape index (κ2) is 6.46. The fourth-order valence-electron chi connectivity index (χ4n) is 2.15. The summed E-state index contributed by atoms with van der Waals surface area (Å²) in [5, 5.41) is 11.9. The summed E-state index contributed by atoms with van der Waals surface area (Å²) in [5.41, 5.74) is 1.12. The van der Waals surface area contributed by atoms with Gasteiger partial charge in [-0.1, -0.05) is 13.0 Å². The molecule has 0 radical (unpaired) electrons. The fourth-order valence-corrected chi connectivity index (χ4v) is 2.15. The highest BCUT2D eigenvalue weighted by Gasteiger charge is 2.31. The molecule has 0 saturated heterocycles. The molecule has 1 aromatic heterocycles. The van der Waals surface area contributed by atoms with E-state index in [2.05, 4.69) is 15.3 Å². The molecule has 5 nitrogen and oxygen atoms in total. The number of aromatic nitrogens is 2. The van der Waals surface area contributed by atoms with Crippen LogP contribution in [0, 0.1) is 13.8 Å². The van der Waals surface area contributed by atoms with Crippen molar-refractivity contribution in [1.82, 2.24) is 9.97 Å². The summed E-state index contributed by atoms with van der Waals surface area (Å²) in [6.07, 6.45) is -3.96. The maximum atomic E-state index is 12.9. The first-order valence-corrected chi connectivity index (χ1v) is 7.19. The molecule has 2 N–H and O–H groups in total. The fraction of sp³-hybridized carbons (Fsp3) is 0.312. The Labute approximate surface area is 136 Å². The molecule has 0 aliphatic rings. The lowest BCUT2D eigenvalue weighted by Crippen LogP contribution is -2.11. The van der Waals surface area contributed by atoms with E-state index in [1.165, 1.54) is 6.07 Å². The number of rotatable bonds is 4. The lowest BCUT2D eigenvalue weighted by Gasteiger charge is -2.16. The number of aromatic carboxylic acids is 1. The summed E-state index contributed by atoms with van der Waals surface area (Å²) in [7, 11) is 0. The van der Waals surface area contributed by atoms with Gasteiger partial charge in [-0.2, -0.15) is 13.2 Å². The molecular formula is C16H16F3N3O2. The summed E-state index contributed by atoms with van der Waals surface area (Å²) >= 11 is 0. The molecule has 1 heterocycles. The first-order valence-electron chi connectivity index (χ1n) is 7.19. The highest BCUT2D eigenvalue weighted by atomic mass is 19.4. The van der Waals surface area contributed by atoms with Gasteiger partial charge in [0.1, 0.15) is 5.82 Å². The van der Waals surface area contributed by atoms with Crippen molar-refractivity contribution in [3.63, 3.8) is 0 Å². The summed E-state index contributed by atoms with van der Waals surface area (Å²) in [4.78, 5) is 18.8. The van der Waals surface area contributed by atoms with Crippen LogP contribution in [0.5, 0.6) is 0 Å². The maximum absolute atomic E-state index is 12.9. The first-order chi connectivity index (χ1) is 11.1. The van der Waals surface area contributed by atoms with Crippen LogP contribution >= 0.6 is 0 Å². The van der Waals surface area contributed by atoms with E-state index in [1.54, 1.807) is 13.8 Å². The summed E-state index contributed by atoms with van der Waals surface area (Å²) in [6.45, 7) is 5.10. The predicted molar refractivity (Wildman–Crippen MR) is 82.6 cm³/mol. The van der Waals surface area contributed by atoms with Crippen molar-refractivity contribution in [1.29, 1.82) is 0 Å². The third-order valence-corrected chi connectivity index (χ3v) is 3.65. The van der Waals surface area contributed by atoms with Gasteiger partial charge in [-0.25, -0.2) is 14.8 Å². The molecule has 128 valence electrons. The van der Waals surface area contributed by atoms with Crippen LogP contribution in [0.25, 0.3) is 0 Å². The van der Waals surface area contributed by atoms with Gasteiger partial charge in [0, 0.05) is 16.9 Å². The number of hydrogen-bond acceptors (Lipinski definition) is 4. The second-order valence-corrected chi connectivity index (χ2v) is 5.26. The topological polar surface area (TPSA) is 75.1 Å². The number of anilines is 2. The third-order valence-electron chi connectivity index (χ3n) is 3.65.